The van der Waals surface area contributed by atoms with Crippen LogP contribution in [0.3, 0.4) is 0 Å². The first-order valence-corrected chi connectivity index (χ1v) is 9.43. The minimum atomic E-state index is -0.0914. The molecule has 3 aromatic rings. The van der Waals surface area contributed by atoms with E-state index in [1.807, 2.05) is 41.9 Å². The van der Waals surface area contributed by atoms with Gasteiger partial charge in [0.25, 0.3) is 0 Å². The van der Waals surface area contributed by atoms with Crippen LogP contribution in [0.5, 0.6) is 0 Å². The zero-order valence-electron chi connectivity index (χ0n) is 15.4. The molecule has 1 aliphatic carbocycles. The lowest BCUT2D eigenvalue weighted by atomic mass is 10.1. The Hall–Kier alpha value is -2.96. The monoisotopic (exact) mass is 365 g/mol. The predicted molar refractivity (Wildman–Crippen MR) is 101 cm³/mol. The molecule has 0 unspecified atom stereocenters. The largest absolute Gasteiger partial charge is 0.425 e. The Morgan fingerprint density at radius 1 is 1.22 bits per heavy atom. The van der Waals surface area contributed by atoms with E-state index in [0.29, 0.717) is 30.3 Å². The second-order valence-corrected chi connectivity index (χ2v) is 6.95. The standard InChI is InChI=1S/C20H23N5O2/c1-14-17(13-21-25(14)16-9-3-2-4-10-16)22-18(26)11-12-19-23-24-20(27-19)15-7-5-6-8-15/h2-4,9-10,13,15H,5-8,11-12H2,1H3,(H,22,26). The third-order valence-corrected chi connectivity index (χ3v) is 5.04. The van der Waals surface area contributed by atoms with Crippen molar-refractivity contribution in [3.63, 3.8) is 0 Å². The van der Waals surface area contributed by atoms with E-state index in [1.165, 1.54) is 12.8 Å². The van der Waals surface area contributed by atoms with E-state index in [9.17, 15) is 4.79 Å². The van der Waals surface area contributed by atoms with Crippen molar-refractivity contribution in [2.75, 3.05) is 5.32 Å². The van der Waals surface area contributed by atoms with Crippen molar-refractivity contribution in [1.29, 1.82) is 0 Å². The van der Waals surface area contributed by atoms with Crippen LogP contribution in [-0.4, -0.2) is 25.9 Å². The minimum Gasteiger partial charge on any atom is -0.425 e. The Labute approximate surface area is 157 Å². The molecule has 0 radical (unpaired) electrons. The summed E-state index contributed by atoms with van der Waals surface area (Å²) < 4.78 is 7.54. The van der Waals surface area contributed by atoms with Crippen LogP contribution in [-0.2, 0) is 11.2 Å². The molecule has 1 aliphatic rings. The number of rotatable bonds is 6. The Bertz CT molecular complexity index is 910. The first-order valence-electron chi connectivity index (χ1n) is 9.43. The smallest absolute Gasteiger partial charge is 0.224 e. The summed E-state index contributed by atoms with van der Waals surface area (Å²) in [5, 5.41) is 15.5. The van der Waals surface area contributed by atoms with Gasteiger partial charge in [-0.05, 0) is 31.9 Å². The van der Waals surface area contributed by atoms with Crippen LogP contribution in [0.4, 0.5) is 5.69 Å². The highest BCUT2D eigenvalue weighted by Gasteiger charge is 2.22. The summed E-state index contributed by atoms with van der Waals surface area (Å²) in [5.41, 5.74) is 2.55. The normalized spacial score (nSPS) is 14.6. The summed E-state index contributed by atoms with van der Waals surface area (Å²) in [4.78, 5) is 12.3. The lowest BCUT2D eigenvalue weighted by Crippen LogP contribution is -2.13. The van der Waals surface area contributed by atoms with Crippen molar-refractivity contribution in [2.45, 2.75) is 51.4 Å². The van der Waals surface area contributed by atoms with Gasteiger partial charge in [-0.1, -0.05) is 31.0 Å². The predicted octanol–water partition coefficient (Wildman–Crippen LogP) is 3.79. The molecule has 1 fully saturated rings. The van der Waals surface area contributed by atoms with Crippen molar-refractivity contribution in [3.8, 4) is 5.69 Å². The van der Waals surface area contributed by atoms with Gasteiger partial charge in [0.1, 0.15) is 0 Å². The number of hydrogen-bond acceptors (Lipinski definition) is 5. The van der Waals surface area contributed by atoms with E-state index in [2.05, 4.69) is 20.6 Å². The number of carbonyl (C=O) groups is 1. The van der Waals surface area contributed by atoms with Gasteiger partial charge in [-0.25, -0.2) is 4.68 Å². The van der Waals surface area contributed by atoms with Crippen LogP contribution in [0.25, 0.3) is 5.69 Å². The van der Waals surface area contributed by atoms with E-state index in [0.717, 1.165) is 30.1 Å². The molecule has 0 saturated heterocycles. The number of carbonyl (C=O) groups excluding carboxylic acids is 1. The van der Waals surface area contributed by atoms with Crippen LogP contribution >= 0.6 is 0 Å². The number of para-hydroxylation sites is 1. The second-order valence-electron chi connectivity index (χ2n) is 6.95. The minimum absolute atomic E-state index is 0.0914. The van der Waals surface area contributed by atoms with Gasteiger partial charge in [0, 0.05) is 18.8 Å². The number of aryl methyl sites for hydroxylation is 1. The third-order valence-electron chi connectivity index (χ3n) is 5.04. The molecule has 140 valence electrons. The maximum Gasteiger partial charge on any atom is 0.224 e. The molecule has 1 amide bonds. The molecular formula is C20H23N5O2. The molecule has 2 aromatic heterocycles. The molecular weight excluding hydrogens is 342 g/mol. The molecule has 0 aliphatic heterocycles. The molecule has 7 heteroatoms. The molecule has 0 spiro atoms. The Morgan fingerprint density at radius 2 is 2.00 bits per heavy atom. The molecule has 1 aromatic carbocycles. The fourth-order valence-corrected chi connectivity index (χ4v) is 3.50. The van der Waals surface area contributed by atoms with E-state index < -0.39 is 0 Å². The summed E-state index contributed by atoms with van der Waals surface area (Å²) in [6.45, 7) is 1.93. The highest BCUT2D eigenvalue weighted by Crippen LogP contribution is 2.33. The molecule has 27 heavy (non-hydrogen) atoms. The number of hydrogen-bond donors (Lipinski definition) is 1. The molecule has 1 saturated carbocycles. The van der Waals surface area contributed by atoms with E-state index in [1.54, 1.807) is 6.20 Å². The van der Waals surface area contributed by atoms with Crippen molar-refractivity contribution in [1.82, 2.24) is 20.0 Å². The highest BCUT2D eigenvalue weighted by atomic mass is 16.4. The first-order chi connectivity index (χ1) is 13.2. The number of anilines is 1. The summed E-state index contributed by atoms with van der Waals surface area (Å²) in [6.07, 6.45) is 7.09. The zero-order chi connectivity index (χ0) is 18.6. The number of aromatic nitrogens is 4. The Morgan fingerprint density at radius 3 is 2.78 bits per heavy atom. The van der Waals surface area contributed by atoms with Gasteiger partial charge in [0.05, 0.1) is 23.3 Å². The summed E-state index contributed by atoms with van der Waals surface area (Å²) in [7, 11) is 0. The van der Waals surface area contributed by atoms with Crippen LogP contribution in [0.1, 0.15) is 55.5 Å². The van der Waals surface area contributed by atoms with Gasteiger partial charge in [-0.2, -0.15) is 5.10 Å². The third kappa shape index (κ3) is 3.92. The number of amides is 1. The van der Waals surface area contributed by atoms with Gasteiger partial charge in [-0.15, -0.1) is 10.2 Å². The molecule has 1 N–H and O–H groups in total. The fraction of sp³-hybridized carbons (Fsp3) is 0.400. The molecule has 0 atom stereocenters. The van der Waals surface area contributed by atoms with Crippen molar-refractivity contribution in [2.24, 2.45) is 0 Å². The van der Waals surface area contributed by atoms with E-state index in [-0.39, 0.29) is 5.91 Å². The van der Waals surface area contributed by atoms with Crippen LogP contribution < -0.4 is 5.32 Å². The van der Waals surface area contributed by atoms with E-state index in [4.69, 9.17) is 4.42 Å². The zero-order valence-corrected chi connectivity index (χ0v) is 15.4. The Balaban J connectivity index is 1.34. The van der Waals surface area contributed by atoms with Crippen LogP contribution in [0, 0.1) is 6.92 Å². The molecule has 2 heterocycles. The quantitative estimate of drug-likeness (QED) is 0.718. The fourth-order valence-electron chi connectivity index (χ4n) is 3.50. The van der Waals surface area contributed by atoms with Gasteiger partial charge in [0.2, 0.25) is 17.7 Å². The van der Waals surface area contributed by atoms with E-state index >= 15 is 0 Å². The molecule has 4 rings (SSSR count). The van der Waals surface area contributed by atoms with Gasteiger partial charge in [-0.3, -0.25) is 4.79 Å². The first kappa shape index (κ1) is 17.5. The van der Waals surface area contributed by atoms with Crippen LogP contribution in [0.2, 0.25) is 0 Å². The number of benzene rings is 1. The van der Waals surface area contributed by atoms with Gasteiger partial charge < -0.3 is 9.73 Å². The Kier molecular flexibility index (Phi) is 5.00. The van der Waals surface area contributed by atoms with Crippen molar-refractivity contribution >= 4 is 11.6 Å². The average Bonchev–Trinajstić information content (AvgIpc) is 3.43. The van der Waals surface area contributed by atoms with Crippen LogP contribution in [0.15, 0.2) is 40.9 Å². The lowest BCUT2D eigenvalue weighted by Gasteiger charge is -2.06. The topological polar surface area (TPSA) is 85.8 Å². The maximum atomic E-state index is 12.3. The van der Waals surface area contributed by atoms with Crippen molar-refractivity contribution < 1.29 is 9.21 Å². The number of nitrogens with zero attached hydrogens (tertiary/aromatic N) is 4. The molecule has 0 bridgehead atoms. The SMILES string of the molecule is Cc1c(NC(=O)CCc2nnc(C3CCCC3)o2)cnn1-c1ccccc1. The maximum absolute atomic E-state index is 12.3. The summed E-state index contributed by atoms with van der Waals surface area (Å²) in [5.74, 6) is 1.56. The van der Waals surface area contributed by atoms with Gasteiger partial charge >= 0.3 is 0 Å². The summed E-state index contributed by atoms with van der Waals surface area (Å²) >= 11 is 0. The second kappa shape index (κ2) is 7.73. The van der Waals surface area contributed by atoms with Gasteiger partial charge in [0.15, 0.2) is 0 Å². The summed E-state index contributed by atoms with van der Waals surface area (Å²) in [6, 6.07) is 9.82. The van der Waals surface area contributed by atoms with Crippen molar-refractivity contribution in [3.05, 3.63) is 54.0 Å². The number of nitrogens with one attached hydrogen (secondary N) is 1. The molecule has 7 nitrogen and oxygen atoms in total. The highest BCUT2D eigenvalue weighted by molar-refractivity contribution is 5.91. The average molecular weight is 365 g/mol. The lowest BCUT2D eigenvalue weighted by molar-refractivity contribution is -0.116.